The lowest BCUT2D eigenvalue weighted by atomic mass is 10.1. The third-order valence-corrected chi connectivity index (χ3v) is 2.53. The number of nitrogens with zero attached hydrogens (tertiary/aromatic N) is 2. The number of aliphatic hydroxyl groups excluding tert-OH is 1. The normalized spacial score (nSPS) is 30.7. The quantitative estimate of drug-likeness (QED) is 0.644. The molecular weight excluding hydrogens is 198 g/mol. The lowest BCUT2D eigenvalue weighted by Gasteiger charge is -2.17. The van der Waals surface area contributed by atoms with Gasteiger partial charge in [-0.25, -0.2) is 4.79 Å². The third kappa shape index (κ3) is 1.73. The summed E-state index contributed by atoms with van der Waals surface area (Å²) >= 11 is 0. The van der Waals surface area contributed by atoms with Gasteiger partial charge in [0.1, 0.15) is 11.9 Å². The molecule has 0 spiro atoms. The molecule has 0 amide bonds. The summed E-state index contributed by atoms with van der Waals surface area (Å²) in [5, 5.41) is 9.76. The fourth-order valence-corrected chi connectivity index (χ4v) is 1.59. The first-order valence-corrected chi connectivity index (χ1v) is 4.74. The Labute approximate surface area is 86.3 Å². The number of nitrogens with two attached hydrogens (primary N) is 1. The van der Waals surface area contributed by atoms with E-state index in [0.717, 1.165) is 0 Å². The van der Waals surface area contributed by atoms with Crippen molar-refractivity contribution < 1.29 is 9.84 Å². The van der Waals surface area contributed by atoms with Crippen molar-refractivity contribution in [1.29, 1.82) is 0 Å². The lowest BCUT2D eigenvalue weighted by Crippen LogP contribution is -2.33. The first-order valence-electron chi connectivity index (χ1n) is 4.74. The smallest absolute Gasteiger partial charge is 0.351 e. The Kier molecular flexibility index (Phi) is 2.45. The van der Waals surface area contributed by atoms with Gasteiger partial charge in [-0.1, -0.05) is 6.92 Å². The van der Waals surface area contributed by atoms with Gasteiger partial charge < -0.3 is 15.6 Å². The minimum atomic E-state index is -0.687. The summed E-state index contributed by atoms with van der Waals surface area (Å²) in [5.74, 6) is 0.177. The second kappa shape index (κ2) is 3.63. The van der Waals surface area contributed by atoms with Crippen molar-refractivity contribution in [3.63, 3.8) is 0 Å². The van der Waals surface area contributed by atoms with Crippen LogP contribution in [0.2, 0.25) is 0 Å². The van der Waals surface area contributed by atoms with E-state index in [0.29, 0.717) is 6.61 Å². The Morgan fingerprint density at radius 3 is 3.00 bits per heavy atom. The molecule has 1 aromatic rings. The standard InChI is InChI=1S/C9H13N3O3/c1-5-4-15-8(7(5)13)12-3-2-6(10)11-9(12)14/h2-3,5,7-8,13H,4H2,1H3,(H2,10,11,14)/t5?,7-,8+/m0/s1. The van der Waals surface area contributed by atoms with Gasteiger partial charge in [-0.2, -0.15) is 4.98 Å². The Hall–Kier alpha value is -1.40. The largest absolute Gasteiger partial charge is 0.388 e. The Morgan fingerprint density at radius 1 is 1.73 bits per heavy atom. The number of aromatic nitrogens is 2. The molecule has 6 nitrogen and oxygen atoms in total. The molecular formula is C9H13N3O3. The molecule has 0 radical (unpaired) electrons. The number of hydrogen-bond acceptors (Lipinski definition) is 5. The fourth-order valence-electron chi connectivity index (χ4n) is 1.59. The highest BCUT2D eigenvalue weighted by molar-refractivity contribution is 5.23. The highest BCUT2D eigenvalue weighted by Gasteiger charge is 2.34. The fraction of sp³-hybridized carbons (Fsp3) is 0.556. The van der Waals surface area contributed by atoms with Crippen LogP contribution in [0.15, 0.2) is 17.1 Å². The van der Waals surface area contributed by atoms with Crippen molar-refractivity contribution >= 4 is 5.82 Å². The molecule has 1 saturated heterocycles. The van der Waals surface area contributed by atoms with Crippen molar-refractivity contribution in [2.24, 2.45) is 5.92 Å². The van der Waals surface area contributed by atoms with Gasteiger partial charge in [0.15, 0.2) is 6.23 Å². The summed E-state index contributed by atoms with van der Waals surface area (Å²) in [6.45, 7) is 2.29. The van der Waals surface area contributed by atoms with E-state index in [-0.39, 0.29) is 11.7 Å². The van der Waals surface area contributed by atoms with Crippen LogP contribution in [0.3, 0.4) is 0 Å². The third-order valence-electron chi connectivity index (χ3n) is 2.53. The molecule has 0 saturated carbocycles. The van der Waals surface area contributed by atoms with Crippen molar-refractivity contribution in [3.05, 3.63) is 22.7 Å². The maximum absolute atomic E-state index is 11.5. The lowest BCUT2D eigenvalue weighted by molar-refractivity contribution is -0.0139. The predicted molar refractivity (Wildman–Crippen MR) is 53.1 cm³/mol. The molecule has 6 heteroatoms. The molecule has 1 aliphatic rings. The van der Waals surface area contributed by atoms with Crippen LogP contribution in [-0.2, 0) is 4.74 Å². The summed E-state index contributed by atoms with van der Waals surface area (Å²) in [6, 6.07) is 1.50. The molecule has 0 bridgehead atoms. The molecule has 0 aliphatic carbocycles. The topological polar surface area (TPSA) is 90.4 Å². The SMILES string of the molecule is CC1CO[C@@H](n2ccc(N)nc2=O)[C@H]1O. The van der Waals surface area contributed by atoms with Crippen LogP contribution in [0.25, 0.3) is 0 Å². The maximum Gasteiger partial charge on any atom is 0.351 e. The van der Waals surface area contributed by atoms with E-state index in [2.05, 4.69) is 4.98 Å². The van der Waals surface area contributed by atoms with E-state index in [1.54, 1.807) is 0 Å². The first kappa shape index (κ1) is 10.1. The molecule has 3 atom stereocenters. The number of rotatable bonds is 1. The number of anilines is 1. The number of hydrogen-bond donors (Lipinski definition) is 2. The monoisotopic (exact) mass is 211 g/mol. The van der Waals surface area contributed by atoms with Crippen LogP contribution in [0.5, 0.6) is 0 Å². The molecule has 1 fully saturated rings. The van der Waals surface area contributed by atoms with Gasteiger partial charge in [0, 0.05) is 12.1 Å². The van der Waals surface area contributed by atoms with E-state index in [1.807, 2.05) is 6.92 Å². The van der Waals surface area contributed by atoms with E-state index in [1.165, 1.54) is 16.8 Å². The van der Waals surface area contributed by atoms with Crippen LogP contribution in [0.4, 0.5) is 5.82 Å². The van der Waals surface area contributed by atoms with E-state index < -0.39 is 18.0 Å². The second-order valence-corrected chi connectivity index (χ2v) is 3.73. The zero-order valence-corrected chi connectivity index (χ0v) is 8.33. The van der Waals surface area contributed by atoms with Crippen LogP contribution in [0, 0.1) is 5.92 Å². The van der Waals surface area contributed by atoms with Crippen molar-refractivity contribution in [2.75, 3.05) is 12.3 Å². The van der Waals surface area contributed by atoms with Crippen LogP contribution in [0.1, 0.15) is 13.2 Å². The molecule has 1 aromatic heterocycles. The van der Waals surface area contributed by atoms with E-state index in [9.17, 15) is 9.90 Å². The van der Waals surface area contributed by atoms with Crippen LogP contribution >= 0.6 is 0 Å². The maximum atomic E-state index is 11.5. The van der Waals surface area contributed by atoms with Crippen molar-refractivity contribution in [2.45, 2.75) is 19.3 Å². The highest BCUT2D eigenvalue weighted by Crippen LogP contribution is 2.26. The van der Waals surface area contributed by atoms with E-state index in [4.69, 9.17) is 10.5 Å². The number of aliphatic hydroxyl groups is 1. The van der Waals surface area contributed by atoms with Crippen LogP contribution in [-0.4, -0.2) is 27.4 Å². The van der Waals surface area contributed by atoms with Gasteiger partial charge in [-0.15, -0.1) is 0 Å². The van der Waals surface area contributed by atoms with Gasteiger partial charge in [0.05, 0.1) is 6.61 Å². The van der Waals surface area contributed by atoms with Gasteiger partial charge in [0.2, 0.25) is 0 Å². The summed E-state index contributed by atoms with van der Waals surface area (Å²) in [4.78, 5) is 15.0. The molecule has 1 unspecified atom stereocenters. The number of ether oxygens (including phenoxy) is 1. The molecule has 0 aromatic carbocycles. The summed E-state index contributed by atoms with van der Waals surface area (Å²) in [6.07, 6.45) is 0.144. The Morgan fingerprint density at radius 2 is 2.47 bits per heavy atom. The predicted octanol–water partition coefficient (Wildman–Crippen LogP) is -0.649. The molecule has 3 N–H and O–H groups in total. The first-order chi connectivity index (χ1) is 7.09. The molecule has 15 heavy (non-hydrogen) atoms. The zero-order chi connectivity index (χ0) is 11.0. The summed E-state index contributed by atoms with van der Waals surface area (Å²) in [7, 11) is 0. The average molecular weight is 211 g/mol. The molecule has 2 heterocycles. The zero-order valence-electron chi connectivity index (χ0n) is 8.33. The second-order valence-electron chi connectivity index (χ2n) is 3.73. The Balaban J connectivity index is 2.34. The average Bonchev–Trinajstić information content (AvgIpc) is 2.49. The van der Waals surface area contributed by atoms with Crippen molar-refractivity contribution in [1.82, 2.24) is 9.55 Å². The summed E-state index contributed by atoms with van der Waals surface area (Å²) < 4.78 is 6.57. The minimum Gasteiger partial charge on any atom is -0.388 e. The van der Waals surface area contributed by atoms with Gasteiger partial charge in [-0.05, 0) is 6.07 Å². The van der Waals surface area contributed by atoms with Gasteiger partial charge in [0.25, 0.3) is 0 Å². The molecule has 1 aliphatic heterocycles. The Bertz CT molecular complexity index is 417. The van der Waals surface area contributed by atoms with Gasteiger partial charge >= 0.3 is 5.69 Å². The molecule has 82 valence electrons. The van der Waals surface area contributed by atoms with E-state index >= 15 is 0 Å². The highest BCUT2D eigenvalue weighted by atomic mass is 16.5. The van der Waals surface area contributed by atoms with Crippen LogP contribution < -0.4 is 11.4 Å². The van der Waals surface area contributed by atoms with Gasteiger partial charge in [-0.3, -0.25) is 4.57 Å². The summed E-state index contributed by atoms with van der Waals surface area (Å²) in [5.41, 5.74) is 4.85. The number of nitrogen functional groups attached to an aromatic ring is 1. The molecule has 2 rings (SSSR count). The van der Waals surface area contributed by atoms with Crippen molar-refractivity contribution in [3.8, 4) is 0 Å². The minimum absolute atomic E-state index is 0.0134.